The van der Waals surface area contributed by atoms with Crippen molar-refractivity contribution in [3.63, 3.8) is 0 Å². The van der Waals surface area contributed by atoms with Crippen LogP contribution < -0.4 is 5.32 Å². The van der Waals surface area contributed by atoms with Crippen LogP contribution in [0.25, 0.3) is 0 Å². The summed E-state index contributed by atoms with van der Waals surface area (Å²) in [6, 6.07) is -0.518. The lowest BCUT2D eigenvalue weighted by Crippen LogP contribution is -2.51. The Morgan fingerprint density at radius 2 is 2.12 bits per heavy atom. The molecule has 92 valence electrons. The van der Waals surface area contributed by atoms with Crippen LogP contribution in [0.15, 0.2) is 0 Å². The molecule has 0 saturated carbocycles. The molecule has 0 bridgehead atoms. The second-order valence-corrected chi connectivity index (χ2v) is 4.23. The highest BCUT2D eigenvalue weighted by Gasteiger charge is 2.25. The van der Waals surface area contributed by atoms with Gasteiger partial charge in [0.25, 0.3) is 0 Å². The van der Waals surface area contributed by atoms with Gasteiger partial charge in [-0.1, -0.05) is 0 Å². The Morgan fingerprint density at radius 1 is 1.44 bits per heavy atom. The lowest BCUT2D eigenvalue weighted by atomic mass is 10.0. The summed E-state index contributed by atoms with van der Waals surface area (Å²) in [6.45, 7) is 4.42. The fourth-order valence-corrected chi connectivity index (χ4v) is 1.90. The lowest BCUT2D eigenvalue weighted by molar-refractivity contribution is -0.142. The number of urea groups is 1. The summed E-state index contributed by atoms with van der Waals surface area (Å²) < 4.78 is 4.55. The molecular formula is C11H20N2O3. The van der Waals surface area contributed by atoms with Crippen LogP contribution in [-0.2, 0) is 9.53 Å². The minimum absolute atomic E-state index is 0.176. The van der Waals surface area contributed by atoms with E-state index in [1.54, 1.807) is 11.8 Å². The van der Waals surface area contributed by atoms with Crippen LogP contribution in [0.1, 0.15) is 33.1 Å². The molecule has 0 aromatic carbocycles. The molecule has 0 aliphatic carbocycles. The van der Waals surface area contributed by atoms with Crippen molar-refractivity contribution in [3.8, 4) is 0 Å². The highest BCUT2D eigenvalue weighted by Crippen LogP contribution is 2.16. The fourth-order valence-electron chi connectivity index (χ4n) is 1.90. The van der Waals surface area contributed by atoms with Crippen LogP contribution in [-0.4, -0.2) is 42.6 Å². The molecule has 1 aliphatic rings. The number of carbonyl (C=O) groups is 2. The minimum atomic E-state index is -0.591. The van der Waals surface area contributed by atoms with Crippen molar-refractivity contribution in [3.05, 3.63) is 0 Å². The predicted octanol–water partition coefficient (Wildman–Crippen LogP) is 1.13. The first-order valence-electron chi connectivity index (χ1n) is 5.71. The van der Waals surface area contributed by atoms with Gasteiger partial charge in [-0.3, -0.25) is 0 Å². The Morgan fingerprint density at radius 3 is 2.69 bits per heavy atom. The Hall–Kier alpha value is -1.26. The largest absolute Gasteiger partial charge is 0.467 e. The van der Waals surface area contributed by atoms with Crippen molar-refractivity contribution in [2.75, 3.05) is 13.7 Å². The van der Waals surface area contributed by atoms with Gasteiger partial charge in [-0.15, -0.1) is 0 Å². The molecule has 2 amide bonds. The van der Waals surface area contributed by atoms with Gasteiger partial charge in [0.2, 0.25) is 0 Å². The van der Waals surface area contributed by atoms with E-state index in [1.807, 2.05) is 6.92 Å². The van der Waals surface area contributed by atoms with E-state index in [0.717, 1.165) is 25.8 Å². The maximum Gasteiger partial charge on any atom is 0.328 e. The van der Waals surface area contributed by atoms with Crippen molar-refractivity contribution in [1.29, 1.82) is 0 Å². The zero-order chi connectivity index (χ0) is 12.1. The summed E-state index contributed by atoms with van der Waals surface area (Å²) in [6.07, 6.45) is 3.22. The van der Waals surface area contributed by atoms with Gasteiger partial charge >= 0.3 is 12.0 Å². The molecule has 1 N–H and O–H groups in total. The molecule has 1 aliphatic heterocycles. The standard InChI is InChI=1S/C11H20N2O3/c1-8-6-4-5-7-13(8)11(15)12-9(2)10(14)16-3/h8-9H,4-7H2,1-3H3,(H,12,15). The quantitative estimate of drug-likeness (QED) is 0.721. The number of amides is 2. The number of likely N-dealkylation sites (tertiary alicyclic amines) is 1. The van der Waals surface area contributed by atoms with Gasteiger partial charge < -0.3 is 15.0 Å². The van der Waals surface area contributed by atoms with E-state index in [-0.39, 0.29) is 12.1 Å². The van der Waals surface area contributed by atoms with Crippen molar-refractivity contribution in [1.82, 2.24) is 10.2 Å². The van der Waals surface area contributed by atoms with Gasteiger partial charge in [-0.2, -0.15) is 0 Å². The number of nitrogens with one attached hydrogen (secondary N) is 1. The molecule has 5 nitrogen and oxygen atoms in total. The average molecular weight is 228 g/mol. The topological polar surface area (TPSA) is 58.6 Å². The summed E-state index contributed by atoms with van der Waals surface area (Å²) in [7, 11) is 1.31. The van der Waals surface area contributed by atoms with E-state index in [9.17, 15) is 9.59 Å². The predicted molar refractivity (Wildman–Crippen MR) is 60.0 cm³/mol. The van der Waals surface area contributed by atoms with Gasteiger partial charge in [0, 0.05) is 12.6 Å². The summed E-state index contributed by atoms with van der Waals surface area (Å²) in [5.74, 6) is -0.419. The number of hydrogen-bond acceptors (Lipinski definition) is 3. The smallest absolute Gasteiger partial charge is 0.328 e. The SMILES string of the molecule is COC(=O)C(C)NC(=O)N1CCCCC1C. The van der Waals surface area contributed by atoms with E-state index in [0.29, 0.717) is 0 Å². The maximum absolute atomic E-state index is 11.8. The van der Waals surface area contributed by atoms with Crippen LogP contribution in [0.3, 0.4) is 0 Å². The number of ether oxygens (including phenoxy) is 1. The highest BCUT2D eigenvalue weighted by molar-refractivity contribution is 5.83. The van der Waals surface area contributed by atoms with Gasteiger partial charge in [-0.05, 0) is 33.1 Å². The fraction of sp³-hybridized carbons (Fsp3) is 0.818. The third-order valence-corrected chi connectivity index (χ3v) is 2.96. The summed E-state index contributed by atoms with van der Waals surface area (Å²) >= 11 is 0. The van der Waals surface area contributed by atoms with Crippen molar-refractivity contribution < 1.29 is 14.3 Å². The maximum atomic E-state index is 11.8. The molecule has 0 spiro atoms. The highest BCUT2D eigenvalue weighted by atomic mass is 16.5. The zero-order valence-electron chi connectivity index (χ0n) is 10.2. The van der Waals surface area contributed by atoms with Gasteiger partial charge in [0.05, 0.1) is 7.11 Å². The molecule has 0 aromatic rings. The minimum Gasteiger partial charge on any atom is -0.467 e. The Labute approximate surface area is 96.1 Å². The zero-order valence-corrected chi connectivity index (χ0v) is 10.2. The Kier molecular flexibility index (Phi) is 4.58. The summed E-state index contributed by atoms with van der Waals surface area (Å²) in [5.41, 5.74) is 0. The molecule has 1 fully saturated rings. The van der Waals surface area contributed by atoms with Crippen LogP contribution in [0.5, 0.6) is 0 Å². The second kappa shape index (κ2) is 5.72. The number of nitrogens with zero attached hydrogens (tertiary/aromatic N) is 1. The summed E-state index contributed by atoms with van der Waals surface area (Å²) in [4.78, 5) is 24.8. The van der Waals surface area contributed by atoms with Crippen LogP contribution in [0.2, 0.25) is 0 Å². The average Bonchev–Trinajstić information content (AvgIpc) is 2.28. The number of carbonyl (C=O) groups excluding carboxylic acids is 2. The second-order valence-electron chi connectivity index (χ2n) is 4.23. The number of methoxy groups -OCH3 is 1. The number of rotatable bonds is 2. The third kappa shape index (κ3) is 3.12. The third-order valence-electron chi connectivity index (χ3n) is 2.96. The molecule has 1 saturated heterocycles. The van der Waals surface area contributed by atoms with E-state index in [2.05, 4.69) is 10.1 Å². The first kappa shape index (κ1) is 12.8. The van der Waals surface area contributed by atoms with Crippen molar-refractivity contribution in [2.24, 2.45) is 0 Å². The summed E-state index contributed by atoms with van der Waals surface area (Å²) in [5, 5.41) is 2.64. The molecule has 2 unspecified atom stereocenters. The molecule has 0 aromatic heterocycles. The van der Waals surface area contributed by atoms with Crippen LogP contribution in [0.4, 0.5) is 4.79 Å². The lowest BCUT2D eigenvalue weighted by Gasteiger charge is -2.33. The molecule has 0 radical (unpaired) electrons. The first-order valence-corrected chi connectivity index (χ1v) is 5.71. The van der Waals surface area contributed by atoms with Gasteiger partial charge in [0.15, 0.2) is 0 Å². The van der Waals surface area contributed by atoms with Crippen molar-refractivity contribution >= 4 is 12.0 Å². The Bertz CT molecular complexity index is 268. The number of piperidine rings is 1. The molecular weight excluding hydrogens is 208 g/mol. The van der Waals surface area contributed by atoms with E-state index in [4.69, 9.17) is 0 Å². The molecule has 16 heavy (non-hydrogen) atoms. The van der Waals surface area contributed by atoms with Crippen molar-refractivity contribution in [2.45, 2.75) is 45.2 Å². The number of esters is 1. The molecule has 1 rings (SSSR count). The molecule has 5 heteroatoms. The molecule has 2 atom stereocenters. The van der Waals surface area contributed by atoms with E-state index in [1.165, 1.54) is 7.11 Å². The van der Waals surface area contributed by atoms with E-state index >= 15 is 0 Å². The van der Waals surface area contributed by atoms with Crippen LogP contribution >= 0.6 is 0 Å². The van der Waals surface area contributed by atoms with E-state index < -0.39 is 12.0 Å². The molecule has 1 heterocycles. The van der Waals surface area contributed by atoms with Gasteiger partial charge in [-0.25, -0.2) is 9.59 Å². The first-order chi connectivity index (χ1) is 7.56. The Balaban J connectivity index is 2.47. The normalized spacial score (nSPS) is 22.4. The monoisotopic (exact) mass is 228 g/mol. The van der Waals surface area contributed by atoms with Gasteiger partial charge in [0.1, 0.15) is 6.04 Å². The number of hydrogen-bond donors (Lipinski definition) is 1. The van der Waals surface area contributed by atoms with Crippen LogP contribution in [0, 0.1) is 0 Å².